The molecule has 2 heterocycles. The lowest BCUT2D eigenvalue weighted by atomic mass is 9.96. The van der Waals surface area contributed by atoms with Gasteiger partial charge < -0.3 is 9.80 Å². The second kappa shape index (κ2) is 10.5. The van der Waals surface area contributed by atoms with Crippen LogP contribution in [0.15, 0.2) is 66.2 Å². The van der Waals surface area contributed by atoms with Gasteiger partial charge in [-0.1, -0.05) is 18.2 Å². The first-order chi connectivity index (χ1) is 14.9. The maximum absolute atomic E-state index is 13.1. The summed E-state index contributed by atoms with van der Waals surface area (Å²) in [6.07, 6.45) is 5.26. The van der Waals surface area contributed by atoms with E-state index in [1.54, 1.807) is 18.3 Å². The summed E-state index contributed by atoms with van der Waals surface area (Å²) in [5.41, 5.74) is 0.384. The van der Waals surface area contributed by atoms with Crippen molar-refractivity contribution in [2.75, 3.05) is 37.6 Å². The van der Waals surface area contributed by atoms with E-state index in [2.05, 4.69) is 21.2 Å². The van der Waals surface area contributed by atoms with E-state index < -0.39 is 10.0 Å². The van der Waals surface area contributed by atoms with Crippen LogP contribution in [-0.4, -0.2) is 56.9 Å². The predicted molar refractivity (Wildman–Crippen MR) is 123 cm³/mol. The van der Waals surface area contributed by atoms with E-state index >= 15 is 0 Å². The van der Waals surface area contributed by atoms with Crippen molar-refractivity contribution in [1.82, 2.24) is 14.6 Å². The molecule has 1 amide bonds. The monoisotopic (exact) mass is 442 g/mol. The smallest absolute Gasteiger partial charge is 0.253 e. The SMILES string of the molecule is C=CCNS(=O)(=O)c1cccc(C(=O)N(CC)CC2CCN(c3ccccn3)CC2)c1. The quantitative estimate of drug-likeness (QED) is 0.604. The van der Waals surface area contributed by atoms with Gasteiger partial charge in [0.25, 0.3) is 5.91 Å². The third-order valence-electron chi connectivity index (χ3n) is 5.54. The lowest BCUT2D eigenvalue weighted by Gasteiger charge is -2.35. The molecule has 2 aromatic rings. The number of nitrogens with zero attached hydrogens (tertiary/aromatic N) is 3. The topological polar surface area (TPSA) is 82.6 Å². The van der Waals surface area contributed by atoms with Crippen molar-refractivity contribution in [2.24, 2.45) is 5.92 Å². The summed E-state index contributed by atoms with van der Waals surface area (Å²) in [5, 5.41) is 0. The third-order valence-corrected chi connectivity index (χ3v) is 6.97. The zero-order valence-corrected chi connectivity index (χ0v) is 18.7. The number of carbonyl (C=O) groups is 1. The molecule has 0 saturated carbocycles. The van der Waals surface area contributed by atoms with Crippen molar-refractivity contribution in [3.05, 3.63) is 66.9 Å². The molecule has 31 heavy (non-hydrogen) atoms. The fourth-order valence-electron chi connectivity index (χ4n) is 3.78. The van der Waals surface area contributed by atoms with Crippen molar-refractivity contribution in [2.45, 2.75) is 24.7 Å². The van der Waals surface area contributed by atoms with Crippen molar-refractivity contribution >= 4 is 21.7 Å². The highest BCUT2D eigenvalue weighted by molar-refractivity contribution is 7.89. The van der Waals surface area contributed by atoms with E-state index in [4.69, 9.17) is 0 Å². The summed E-state index contributed by atoms with van der Waals surface area (Å²) < 4.78 is 27.2. The van der Waals surface area contributed by atoms with Crippen LogP contribution in [0.5, 0.6) is 0 Å². The van der Waals surface area contributed by atoms with Gasteiger partial charge in [-0.2, -0.15) is 0 Å². The summed E-state index contributed by atoms with van der Waals surface area (Å²) in [5.74, 6) is 1.26. The third kappa shape index (κ3) is 5.92. The molecule has 7 nitrogen and oxygen atoms in total. The number of piperidine rings is 1. The van der Waals surface area contributed by atoms with Crippen LogP contribution in [-0.2, 0) is 10.0 Å². The molecule has 1 N–H and O–H groups in total. The molecule has 166 valence electrons. The molecule has 0 unspecified atom stereocenters. The first-order valence-electron chi connectivity index (χ1n) is 10.6. The number of rotatable bonds is 9. The molecule has 1 saturated heterocycles. The number of carbonyl (C=O) groups excluding carboxylic acids is 1. The highest BCUT2D eigenvalue weighted by Crippen LogP contribution is 2.23. The van der Waals surface area contributed by atoms with Crippen LogP contribution in [0, 0.1) is 5.92 Å². The van der Waals surface area contributed by atoms with Gasteiger partial charge in [0.2, 0.25) is 10.0 Å². The first-order valence-corrected chi connectivity index (χ1v) is 12.1. The van der Waals surface area contributed by atoms with Crippen LogP contribution < -0.4 is 9.62 Å². The second-order valence-corrected chi connectivity index (χ2v) is 9.40. The molecule has 1 aliphatic rings. The minimum absolute atomic E-state index is 0.0833. The predicted octanol–water partition coefficient (Wildman–Crippen LogP) is 2.92. The minimum atomic E-state index is -3.67. The van der Waals surface area contributed by atoms with E-state index in [-0.39, 0.29) is 17.3 Å². The van der Waals surface area contributed by atoms with Gasteiger partial charge in [0.1, 0.15) is 5.82 Å². The van der Waals surface area contributed by atoms with Crippen molar-refractivity contribution < 1.29 is 13.2 Å². The van der Waals surface area contributed by atoms with E-state index in [1.165, 1.54) is 18.2 Å². The van der Waals surface area contributed by atoms with E-state index in [9.17, 15) is 13.2 Å². The summed E-state index contributed by atoms with van der Waals surface area (Å²) >= 11 is 0. The number of anilines is 1. The molecule has 8 heteroatoms. The van der Waals surface area contributed by atoms with Crippen molar-refractivity contribution in [3.63, 3.8) is 0 Å². The van der Waals surface area contributed by atoms with E-state index in [0.717, 1.165) is 31.7 Å². The molecular formula is C23H30N4O3S. The zero-order chi connectivity index (χ0) is 22.3. The number of amides is 1. The van der Waals surface area contributed by atoms with Gasteiger partial charge >= 0.3 is 0 Å². The van der Waals surface area contributed by atoms with Crippen LogP contribution in [0.3, 0.4) is 0 Å². The molecule has 3 rings (SSSR count). The molecule has 0 bridgehead atoms. The standard InChI is InChI=1S/C23H30N4O3S/c1-3-13-25-31(29,30)21-9-7-8-20(17-21)23(28)26(4-2)18-19-11-15-27(16-12-19)22-10-5-6-14-24-22/h3,5-10,14,17,19,25H,1,4,11-13,15-16,18H2,2H3. The van der Waals surface area contributed by atoms with Crippen LogP contribution in [0.1, 0.15) is 30.1 Å². The number of nitrogens with one attached hydrogen (secondary N) is 1. The Hall–Kier alpha value is -2.71. The average molecular weight is 443 g/mol. The van der Waals surface area contributed by atoms with Crippen LogP contribution in [0.2, 0.25) is 0 Å². The van der Waals surface area contributed by atoms with Crippen LogP contribution in [0.25, 0.3) is 0 Å². The Balaban J connectivity index is 1.63. The fraction of sp³-hybridized carbons (Fsp3) is 0.391. The number of sulfonamides is 1. The van der Waals surface area contributed by atoms with Crippen molar-refractivity contribution in [3.8, 4) is 0 Å². The van der Waals surface area contributed by atoms with Gasteiger partial charge in [-0.05, 0) is 56.0 Å². The normalized spacial score (nSPS) is 14.9. The van der Waals surface area contributed by atoms with Gasteiger partial charge in [0, 0.05) is 44.5 Å². The second-order valence-electron chi connectivity index (χ2n) is 7.63. The summed E-state index contributed by atoms with van der Waals surface area (Å²) in [6, 6.07) is 12.1. The van der Waals surface area contributed by atoms with Crippen LogP contribution in [0.4, 0.5) is 5.82 Å². The molecule has 1 aliphatic heterocycles. The molecule has 1 aromatic heterocycles. The lowest BCUT2D eigenvalue weighted by molar-refractivity contribution is 0.0729. The first kappa shape index (κ1) is 23.0. The van der Waals surface area contributed by atoms with Crippen molar-refractivity contribution in [1.29, 1.82) is 0 Å². The Morgan fingerprint density at radius 2 is 2.03 bits per heavy atom. The number of hydrogen-bond donors (Lipinski definition) is 1. The zero-order valence-electron chi connectivity index (χ0n) is 17.9. The van der Waals surface area contributed by atoms with Gasteiger partial charge in [-0.3, -0.25) is 4.79 Å². The molecule has 0 radical (unpaired) electrons. The summed E-state index contributed by atoms with van der Waals surface area (Å²) in [4.78, 5) is 21.7. The average Bonchev–Trinajstić information content (AvgIpc) is 2.82. The Morgan fingerprint density at radius 3 is 2.68 bits per heavy atom. The van der Waals surface area contributed by atoms with Gasteiger partial charge in [0.05, 0.1) is 4.90 Å². The summed E-state index contributed by atoms with van der Waals surface area (Å²) in [7, 11) is -3.67. The molecular weight excluding hydrogens is 412 g/mol. The molecule has 1 fully saturated rings. The molecule has 0 spiro atoms. The molecule has 0 aliphatic carbocycles. The highest BCUT2D eigenvalue weighted by Gasteiger charge is 2.25. The number of hydrogen-bond acceptors (Lipinski definition) is 5. The molecule has 1 aromatic carbocycles. The van der Waals surface area contributed by atoms with E-state index in [0.29, 0.717) is 24.6 Å². The molecule has 0 atom stereocenters. The minimum Gasteiger partial charge on any atom is -0.357 e. The lowest BCUT2D eigenvalue weighted by Crippen LogP contribution is -2.41. The maximum Gasteiger partial charge on any atom is 0.253 e. The van der Waals surface area contributed by atoms with E-state index in [1.807, 2.05) is 30.0 Å². The fourth-order valence-corrected chi connectivity index (χ4v) is 4.83. The Labute approximate surface area is 184 Å². The highest BCUT2D eigenvalue weighted by atomic mass is 32.2. The number of pyridine rings is 1. The summed E-state index contributed by atoms with van der Waals surface area (Å²) in [6.45, 7) is 8.67. The van der Waals surface area contributed by atoms with Gasteiger partial charge in [-0.15, -0.1) is 6.58 Å². The van der Waals surface area contributed by atoms with Gasteiger partial charge in [-0.25, -0.2) is 18.1 Å². The number of benzene rings is 1. The Morgan fingerprint density at radius 1 is 1.26 bits per heavy atom. The Bertz CT molecular complexity index is 987. The Kier molecular flexibility index (Phi) is 7.81. The van der Waals surface area contributed by atoms with Gasteiger partial charge in [0.15, 0.2) is 0 Å². The largest absolute Gasteiger partial charge is 0.357 e. The number of aromatic nitrogens is 1. The van der Waals surface area contributed by atoms with Crippen LogP contribution >= 0.6 is 0 Å². The maximum atomic E-state index is 13.1.